The van der Waals surface area contributed by atoms with Crippen LogP contribution in [0.4, 0.5) is 11.4 Å². The first-order chi connectivity index (χ1) is 11.3. The van der Waals surface area contributed by atoms with Crippen molar-refractivity contribution in [3.05, 3.63) is 54.4 Å². The molecule has 2 heterocycles. The highest BCUT2D eigenvalue weighted by Gasteiger charge is 2.18. The molecule has 0 radical (unpaired) electrons. The number of carbonyl (C=O) groups is 1. The first kappa shape index (κ1) is 15.5. The molecule has 4 heteroatoms. The number of anilines is 2. The number of benzene rings is 1. The molecule has 0 spiro atoms. The molecule has 0 unspecified atom stereocenters. The molecule has 0 atom stereocenters. The number of piperidine rings is 1. The Morgan fingerprint density at radius 1 is 1.13 bits per heavy atom. The van der Waals surface area contributed by atoms with Crippen LogP contribution in [0.2, 0.25) is 0 Å². The van der Waals surface area contributed by atoms with E-state index < -0.39 is 0 Å². The second-order valence-electron chi connectivity index (χ2n) is 5.86. The molecule has 1 aromatic heterocycles. The molecule has 1 aliphatic rings. The Balaban J connectivity index is 1.84. The van der Waals surface area contributed by atoms with Gasteiger partial charge in [0.2, 0.25) is 0 Å². The van der Waals surface area contributed by atoms with Crippen molar-refractivity contribution in [1.29, 1.82) is 0 Å². The Labute approximate surface area is 137 Å². The van der Waals surface area contributed by atoms with E-state index in [4.69, 9.17) is 0 Å². The van der Waals surface area contributed by atoms with Crippen LogP contribution in [0, 0.1) is 0 Å². The van der Waals surface area contributed by atoms with Gasteiger partial charge >= 0.3 is 0 Å². The third-order valence-electron chi connectivity index (χ3n) is 4.32. The fourth-order valence-electron chi connectivity index (χ4n) is 3.08. The zero-order chi connectivity index (χ0) is 16.1. The lowest BCUT2D eigenvalue weighted by molar-refractivity contribution is 0.0988. The van der Waals surface area contributed by atoms with Gasteiger partial charge in [0.25, 0.3) is 5.91 Å². The van der Waals surface area contributed by atoms with Crippen LogP contribution in [0.1, 0.15) is 36.5 Å². The molecule has 1 aliphatic heterocycles. The standard InChI is InChI=1S/C19H23N3O/c1-2-22(17-9-5-3-6-10-17)19(23)16-13-18(15-20-14-16)21-11-7-4-8-12-21/h3,5-6,9-10,13-15H,2,4,7-8,11-12H2,1H3. The van der Waals surface area contributed by atoms with Gasteiger partial charge in [-0.05, 0) is 44.4 Å². The Morgan fingerprint density at radius 3 is 2.57 bits per heavy atom. The van der Waals surface area contributed by atoms with Crippen molar-refractivity contribution in [2.24, 2.45) is 0 Å². The maximum atomic E-state index is 12.9. The number of amides is 1. The maximum Gasteiger partial charge on any atom is 0.259 e. The highest BCUT2D eigenvalue weighted by Crippen LogP contribution is 2.22. The summed E-state index contributed by atoms with van der Waals surface area (Å²) in [5, 5.41) is 0. The van der Waals surface area contributed by atoms with E-state index in [9.17, 15) is 4.79 Å². The highest BCUT2D eigenvalue weighted by molar-refractivity contribution is 6.06. The van der Waals surface area contributed by atoms with Crippen LogP contribution in [0.25, 0.3) is 0 Å². The van der Waals surface area contributed by atoms with Crippen molar-refractivity contribution in [3.8, 4) is 0 Å². The summed E-state index contributed by atoms with van der Waals surface area (Å²) < 4.78 is 0. The predicted octanol–water partition coefficient (Wildman–Crippen LogP) is 3.74. The van der Waals surface area contributed by atoms with Gasteiger partial charge in [0.05, 0.1) is 17.4 Å². The monoisotopic (exact) mass is 309 g/mol. The summed E-state index contributed by atoms with van der Waals surface area (Å²) in [5.74, 6) is 0.00468. The number of hydrogen-bond acceptors (Lipinski definition) is 3. The summed E-state index contributed by atoms with van der Waals surface area (Å²) in [6, 6.07) is 11.8. The molecule has 1 fully saturated rings. The molecule has 4 nitrogen and oxygen atoms in total. The van der Waals surface area contributed by atoms with Gasteiger partial charge < -0.3 is 9.80 Å². The van der Waals surface area contributed by atoms with Gasteiger partial charge in [-0.15, -0.1) is 0 Å². The van der Waals surface area contributed by atoms with Crippen molar-refractivity contribution < 1.29 is 4.79 Å². The zero-order valence-corrected chi connectivity index (χ0v) is 13.6. The number of pyridine rings is 1. The number of para-hydroxylation sites is 1. The molecule has 120 valence electrons. The Kier molecular flexibility index (Phi) is 4.91. The fourth-order valence-corrected chi connectivity index (χ4v) is 3.08. The second-order valence-corrected chi connectivity index (χ2v) is 5.86. The molecule has 0 saturated carbocycles. The normalized spacial score (nSPS) is 14.6. The molecule has 1 saturated heterocycles. The van der Waals surface area contributed by atoms with Gasteiger partial charge in [-0.2, -0.15) is 0 Å². The summed E-state index contributed by atoms with van der Waals surface area (Å²) in [6.45, 7) is 4.73. The van der Waals surface area contributed by atoms with E-state index in [0.29, 0.717) is 12.1 Å². The van der Waals surface area contributed by atoms with Gasteiger partial charge in [0.15, 0.2) is 0 Å². The fraction of sp³-hybridized carbons (Fsp3) is 0.368. The summed E-state index contributed by atoms with van der Waals surface area (Å²) in [5.41, 5.74) is 2.63. The number of nitrogens with zero attached hydrogens (tertiary/aromatic N) is 3. The van der Waals surface area contributed by atoms with Gasteiger partial charge in [-0.3, -0.25) is 9.78 Å². The van der Waals surface area contributed by atoms with Crippen molar-refractivity contribution in [1.82, 2.24) is 4.98 Å². The summed E-state index contributed by atoms with van der Waals surface area (Å²) in [6.07, 6.45) is 7.25. The van der Waals surface area contributed by atoms with Gasteiger partial charge in [-0.25, -0.2) is 0 Å². The number of carbonyl (C=O) groups excluding carboxylic acids is 1. The van der Waals surface area contributed by atoms with E-state index in [0.717, 1.165) is 24.5 Å². The first-order valence-electron chi connectivity index (χ1n) is 8.36. The lowest BCUT2D eigenvalue weighted by Crippen LogP contribution is -2.32. The van der Waals surface area contributed by atoms with E-state index in [2.05, 4.69) is 9.88 Å². The van der Waals surface area contributed by atoms with Crippen LogP contribution in [-0.4, -0.2) is 30.5 Å². The Hall–Kier alpha value is -2.36. The minimum absolute atomic E-state index is 0.00468. The molecular formula is C19H23N3O. The van der Waals surface area contributed by atoms with E-state index in [1.54, 1.807) is 11.1 Å². The molecule has 2 aromatic rings. The molecule has 0 bridgehead atoms. The SMILES string of the molecule is CCN(C(=O)c1cncc(N2CCCCC2)c1)c1ccccc1. The van der Waals surface area contributed by atoms with Crippen molar-refractivity contribution >= 4 is 17.3 Å². The first-order valence-corrected chi connectivity index (χ1v) is 8.36. The molecule has 23 heavy (non-hydrogen) atoms. The third-order valence-corrected chi connectivity index (χ3v) is 4.32. The summed E-state index contributed by atoms with van der Waals surface area (Å²) in [4.78, 5) is 21.3. The summed E-state index contributed by atoms with van der Waals surface area (Å²) in [7, 11) is 0. The number of aromatic nitrogens is 1. The zero-order valence-electron chi connectivity index (χ0n) is 13.6. The van der Waals surface area contributed by atoms with Crippen LogP contribution in [0.15, 0.2) is 48.8 Å². The third kappa shape index (κ3) is 3.52. The molecule has 0 N–H and O–H groups in total. The Morgan fingerprint density at radius 2 is 1.87 bits per heavy atom. The van der Waals surface area contributed by atoms with Crippen LogP contribution >= 0.6 is 0 Å². The quantitative estimate of drug-likeness (QED) is 0.863. The van der Waals surface area contributed by atoms with Crippen molar-refractivity contribution in [2.45, 2.75) is 26.2 Å². The number of rotatable bonds is 4. The lowest BCUT2D eigenvalue weighted by atomic mass is 10.1. The van der Waals surface area contributed by atoms with Crippen LogP contribution < -0.4 is 9.80 Å². The minimum Gasteiger partial charge on any atom is -0.370 e. The van der Waals surface area contributed by atoms with Gasteiger partial charge in [0, 0.05) is 31.5 Å². The van der Waals surface area contributed by atoms with Gasteiger partial charge in [-0.1, -0.05) is 18.2 Å². The van der Waals surface area contributed by atoms with Crippen LogP contribution in [0.5, 0.6) is 0 Å². The highest BCUT2D eigenvalue weighted by atomic mass is 16.2. The average Bonchev–Trinajstić information content (AvgIpc) is 2.64. The van der Waals surface area contributed by atoms with E-state index in [1.165, 1.54) is 19.3 Å². The molecule has 1 aromatic carbocycles. The van der Waals surface area contributed by atoms with E-state index >= 15 is 0 Å². The topological polar surface area (TPSA) is 36.4 Å². The second kappa shape index (κ2) is 7.27. The summed E-state index contributed by atoms with van der Waals surface area (Å²) >= 11 is 0. The van der Waals surface area contributed by atoms with Crippen molar-refractivity contribution in [2.75, 3.05) is 29.4 Å². The maximum absolute atomic E-state index is 12.9. The van der Waals surface area contributed by atoms with Gasteiger partial charge in [0.1, 0.15) is 0 Å². The molecule has 0 aliphatic carbocycles. The van der Waals surface area contributed by atoms with E-state index in [-0.39, 0.29) is 5.91 Å². The smallest absolute Gasteiger partial charge is 0.259 e. The average molecular weight is 309 g/mol. The number of hydrogen-bond donors (Lipinski definition) is 0. The minimum atomic E-state index is 0.00468. The predicted molar refractivity (Wildman–Crippen MR) is 94.1 cm³/mol. The van der Waals surface area contributed by atoms with Crippen LogP contribution in [0.3, 0.4) is 0 Å². The van der Waals surface area contributed by atoms with E-state index in [1.807, 2.05) is 49.5 Å². The molecular weight excluding hydrogens is 286 g/mol. The Bertz CT molecular complexity index is 651. The van der Waals surface area contributed by atoms with Crippen molar-refractivity contribution in [3.63, 3.8) is 0 Å². The molecule has 3 rings (SSSR count). The molecule has 1 amide bonds. The largest absolute Gasteiger partial charge is 0.370 e. The lowest BCUT2D eigenvalue weighted by Gasteiger charge is -2.29. The van der Waals surface area contributed by atoms with Crippen LogP contribution in [-0.2, 0) is 0 Å².